The summed E-state index contributed by atoms with van der Waals surface area (Å²) >= 11 is 7.95. The minimum atomic E-state index is -0.564. The van der Waals surface area contributed by atoms with E-state index < -0.39 is 11.7 Å². The molecule has 0 unspecified atom stereocenters. The highest BCUT2D eigenvalue weighted by Gasteiger charge is 2.13. The molecule has 7 heteroatoms. The molecule has 0 fully saturated rings. The highest BCUT2D eigenvalue weighted by molar-refractivity contribution is 9.10. The number of aromatic hydroxyl groups is 1. The molecule has 4 N–H and O–H groups in total. The lowest BCUT2D eigenvalue weighted by Gasteiger charge is -2.09. The Hall–Kier alpha value is -1.99. The number of nitrogens with two attached hydrogens (primary N) is 1. The molecule has 0 heterocycles. The maximum atomic E-state index is 13.5. The normalized spacial score (nSPS) is 10.2. The van der Waals surface area contributed by atoms with E-state index >= 15 is 0 Å². The summed E-state index contributed by atoms with van der Waals surface area (Å²) in [6, 6.07) is 8.35. The molecule has 2 aromatic carbocycles. The van der Waals surface area contributed by atoms with E-state index in [1.807, 2.05) is 0 Å². The van der Waals surface area contributed by atoms with E-state index in [9.17, 15) is 14.3 Å². The van der Waals surface area contributed by atoms with Crippen molar-refractivity contribution in [2.45, 2.75) is 0 Å². The number of amides is 1. The van der Waals surface area contributed by atoms with E-state index in [1.165, 1.54) is 24.3 Å². The number of nitrogens with one attached hydrogen (secondary N) is 1. The maximum Gasteiger partial charge on any atom is 0.259 e. The zero-order valence-corrected chi connectivity index (χ0v) is 13.0. The first-order valence-corrected chi connectivity index (χ1v) is 6.98. The number of rotatable bonds is 3. The molecule has 0 aromatic heterocycles. The molecule has 0 aliphatic heterocycles. The van der Waals surface area contributed by atoms with Crippen molar-refractivity contribution in [1.82, 2.24) is 0 Å². The van der Waals surface area contributed by atoms with Crippen molar-refractivity contribution in [1.29, 1.82) is 0 Å². The lowest BCUT2D eigenvalue weighted by molar-refractivity contribution is 0.102. The number of halogens is 2. The monoisotopic (exact) mass is 368 g/mol. The molecule has 0 saturated carbocycles. The lowest BCUT2D eigenvalue weighted by atomic mass is 10.1. The van der Waals surface area contributed by atoms with Gasteiger partial charge in [-0.2, -0.15) is 0 Å². The molecule has 1 amide bonds. The third-order valence-electron chi connectivity index (χ3n) is 2.69. The van der Waals surface area contributed by atoms with E-state index in [-0.39, 0.29) is 21.9 Å². The van der Waals surface area contributed by atoms with Crippen molar-refractivity contribution in [3.8, 4) is 5.75 Å². The van der Waals surface area contributed by atoms with Crippen LogP contribution in [0.1, 0.15) is 15.9 Å². The molecule has 0 aliphatic rings. The van der Waals surface area contributed by atoms with Gasteiger partial charge in [-0.05, 0) is 36.4 Å². The first-order valence-electron chi connectivity index (χ1n) is 5.77. The minimum absolute atomic E-state index is 0.0428. The number of phenols is 1. The molecule has 2 aromatic rings. The molecular weight excluding hydrogens is 359 g/mol. The molecule has 2 rings (SSSR count). The number of carbonyl (C=O) groups excluding carboxylic acids is 1. The van der Waals surface area contributed by atoms with Crippen LogP contribution >= 0.6 is 28.1 Å². The summed E-state index contributed by atoms with van der Waals surface area (Å²) in [6.07, 6.45) is 0. The van der Waals surface area contributed by atoms with Crippen molar-refractivity contribution in [3.05, 3.63) is 57.8 Å². The van der Waals surface area contributed by atoms with Crippen molar-refractivity contribution in [2.75, 3.05) is 5.32 Å². The summed E-state index contributed by atoms with van der Waals surface area (Å²) in [5, 5.41) is 12.2. The van der Waals surface area contributed by atoms with Gasteiger partial charge in [0.15, 0.2) is 0 Å². The molecule has 0 bridgehead atoms. The Kier molecular flexibility index (Phi) is 4.54. The predicted octanol–water partition coefficient (Wildman–Crippen LogP) is 3.18. The Morgan fingerprint density at radius 3 is 2.62 bits per heavy atom. The van der Waals surface area contributed by atoms with E-state index in [4.69, 9.17) is 18.0 Å². The van der Waals surface area contributed by atoms with E-state index in [0.717, 1.165) is 6.07 Å². The molecule has 108 valence electrons. The van der Waals surface area contributed by atoms with Crippen LogP contribution in [-0.2, 0) is 0 Å². The zero-order valence-electron chi connectivity index (χ0n) is 10.6. The fourth-order valence-electron chi connectivity index (χ4n) is 1.68. The first kappa shape index (κ1) is 15.4. The first-order chi connectivity index (χ1) is 9.88. The molecule has 0 atom stereocenters. The lowest BCUT2D eigenvalue weighted by Crippen LogP contribution is -2.15. The highest BCUT2D eigenvalue weighted by Crippen LogP contribution is 2.23. The average molecular weight is 369 g/mol. The van der Waals surface area contributed by atoms with Crippen molar-refractivity contribution < 1.29 is 14.3 Å². The highest BCUT2D eigenvalue weighted by atomic mass is 79.9. The molecule has 4 nitrogen and oxygen atoms in total. The van der Waals surface area contributed by atoms with Gasteiger partial charge in [-0.1, -0.05) is 28.1 Å². The van der Waals surface area contributed by atoms with Crippen LogP contribution in [0.25, 0.3) is 0 Å². The number of thiocarbonyl (C=S) groups is 1. The van der Waals surface area contributed by atoms with Gasteiger partial charge in [-0.3, -0.25) is 4.79 Å². The van der Waals surface area contributed by atoms with Crippen LogP contribution in [0.15, 0.2) is 40.9 Å². The second kappa shape index (κ2) is 6.19. The standard InChI is InChI=1S/C14H10BrFN2O2S/c15-7-1-4-12(19)10(5-7)14(20)18-8-2-3-11(16)9(6-8)13(17)21/h1-6,19H,(H2,17,21)(H,18,20). The van der Waals surface area contributed by atoms with Crippen LogP contribution in [0.4, 0.5) is 10.1 Å². The average Bonchev–Trinajstić information content (AvgIpc) is 2.43. The fraction of sp³-hybridized carbons (Fsp3) is 0. The third-order valence-corrected chi connectivity index (χ3v) is 3.41. The Bertz CT molecular complexity index is 737. The second-order valence-corrected chi connectivity index (χ2v) is 5.53. The molecule has 0 spiro atoms. The van der Waals surface area contributed by atoms with E-state index in [1.54, 1.807) is 6.07 Å². The Morgan fingerprint density at radius 2 is 1.95 bits per heavy atom. The van der Waals surface area contributed by atoms with Crippen molar-refractivity contribution >= 4 is 44.7 Å². The van der Waals surface area contributed by atoms with Gasteiger partial charge in [0, 0.05) is 15.7 Å². The van der Waals surface area contributed by atoms with Crippen LogP contribution in [0, 0.1) is 5.82 Å². The van der Waals surface area contributed by atoms with Crippen LogP contribution in [-0.4, -0.2) is 16.0 Å². The van der Waals surface area contributed by atoms with Gasteiger partial charge >= 0.3 is 0 Å². The molecule has 21 heavy (non-hydrogen) atoms. The summed E-state index contributed by atoms with van der Waals surface area (Å²) in [4.78, 5) is 12.0. The summed E-state index contributed by atoms with van der Waals surface area (Å²) in [6.45, 7) is 0. The molecule has 0 aliphatic carbocycles. The Labute approximate surface area is 133 Å². The van der Waals surface area contributed by atoms with E-state index in [0.29, 0.717) is 10.2 Å². The smallest absolute Gasteiger partial charge is 0.259 e. The summed E-state index contributed by atoms with van der Waals surface area (Å²) < 4.78 is 14.1. The van der Waals surface area contributed by atoms with Gasteiger partial charge in [0.05, 0.1) is 5.56 Å². The van der Waals surface area contributed by atoms with E-state index in [2.05, 4.69) is 21.2 Å². The minimum Gasteiger partial charge on any atom is -0.507 e. The Morgan fingerprint density at radius 1 is 1.24 bits per heavy atom. The largest absolute Gasteiger partial charge is 0.507 e. The number of hydrogen-bond donors (Lipinski definition) is 3. The van der Waals surface area contributed by atoms with Crippen LogP contribution < -0.4 is 11.1 Å². The third kappa shape index (κ3) is 3.56. The number of benzene rings is 2. The van der Waals surface area contributed by atoms with Gasteiger partial charge in [-0.25, -0.2) is 4.39 Å². The second-order valence-electron chi connectivity index (χ2n) is 4.17. The number of hydrogen-bond acceptors (Lipinski definition) is 3. The zero-order chi connectivity index (χ0) is 15.6. The molecular formula is C14H10BrFN2O2S. The molecule has 0 saturated heterocycles. The van der Waals surface area contributed by atoms with Crippen molar-refractivity contribution in [2.24, 2.45) is 5.73 Å². The predicted molar refractivity (Wildman–Crippen MR) is 86.0 cm³/mol. The summed E-state index contributed by atoms with van der Waals surface area (Å²) in [5.41, 5.74) is 5.86. The van der Waals surface area contributed by atoms with Crippen LogP contribution in [0.3, 0.4) is 0 Å². The van der Waals surface area contributed by atoms with Gasteiger partial charge in [0.25, 0.3) is 5.91 Å². The number of carbonyl (C=O) groups is 1. The Balaban J connectivity index is 2.29. The number of phenolic OH excluding ortho intramolecular Hbond substituents is 1. The van der Waals surface area contributed by atoms with Crippen LogP contribution in [0.5, 0.6) is 5.75 Å². The van der Waals surface area contributed by atoms with Gasteiger partial charge in [0.2, 0.25) is 0 Å². The quantitative estimate of drug-likeness (QED) is 0.727. The van der Waals surface area contributed by atoms with Gasteiger partial charge < -0.3 is 16.2 Å². The van der Waals surface area contributed by atoms with Gasteiger partial charge in [-0.15, -0.1) is 0 Å². The topological polar surface area (TPSA) is 75.3 Å². The maximum absolute atomic E-state index is 13.5. The summed E-state index contributed by atoms with van der Waals surface area (Å²) in [5.74, 6) is -1.26. The fourth-order valence-corrected chi connectivity index (χ4v) is 2.20. The summed E-state index contributed by atoms with van der Waals surface area (Å²) in [7, 11) is 0. The number of anilines is 1. The van der Waals surface area contributed by atoms with Crippen LogP contribution in [0.2, 0.25) is 0 Å². The van der Waals surface area contributed by atoms with Crippen molar-refractivity contribution in [3.63, 3.8) is 0 Å². The molecule has 0 radical (unpaired) electrons. The van der Waals surface area contributed by atoms with Gasteiger partial charge in [0.1, 0.15) is 16.6 Å². The SMILES string of the molecule is NC(=S)c1cc(NC(=O)c2cc(Br)ccc2O)ccc1F.